The van der Waals surface area contributed by atoms with Gasteiger partial charge in [-0.1, -0.05) is 35.0 Å². The topological polar surface area (TPSA) is 42.7 Å². The summed E-state index contributed by atoms with van der Waals surface area (Å²) in [4.78, 5) is 0. The van der Waals surface area contributed by atoms with Gasteiger partial charge in [0, 0.05) is 15.5 Å². The Bertz CT molecular complexity index is 551. The summed E-state index contributed by atoms with van der Waals surface area (Å²) < 4.78 is 3.78. The van der Waals surface area contributed by atoms with E-state index in [4.69, 9.17) is 0 Å². The molecule has 102 valence electrons. The number of nitrogens with zero attached hydrogens (tertiary/aromatic N) is 3. The number of nitrogens with one attached hydrogen (secondary N) is 1. The van der Waals surface area contributed by atoms with Gasteiger partial charge in [0.15, 0.2) is 0 Å². The second-order valence-electron chi connectivity index (χ2n) is 4.77. The third-order valence-electron chi connectivity index (χ3n) is 2.55. The van der Waals surface area contributed by atoms with E-state index in [2.05, 4.69) is 61.3 Å². The largest absolute Gasteiger partial charge is 0.311 e. The average molecular weight is 388 g/mol. The van der Waals surface area contributed by atoms with E-state index in [-0.39, 0.29) is 0 Å². The first-order valence-corrected chi connectivity index (χ1v) is 7.72. The van der Waals surface area contributed by atoms with Crippen LogP contribution in [0.25, 0.3) is 5.69 Å². The average Bonchev–Trinajstić information content (AvgIpc) is 2.80. The van der Waals surface area contributed by atoms with Gasteiger partial charge in [0.25, 0.3) is 0 Å². The predicted molar refractivity (Wildman–Crippen MR) is 83.3 cm³/mol. The summed E-state index contributed by atoms with van der Waals surface area (Å²) in [5.74, 6) is 0.634. The summed E-state index contributed by atoms with van der Waals surface area (Å²) >= 11 is 6.99. The molecule has 6 heteroatoms. The van der Waals surface area contributed by atoms with Crippen LogP contribution in [-0.2, 0) is 6.54 Å². The number of rotatable bonds is 5. The highest BCUT2D eigenvalue weighted by Gasteiger charge is 2.07. The molecule has 2 aromatic rings. The van der Waals surface area contributed by atoms with Crippen molar-refractivity contribution in [2.45, 2.75) is 20.4 Å². The molecule has 0 spiro atoms. The summed E-state index contributed by atoms with van der Waals surface area (Å²) in [6, 6.07) is 5.97. The number of hydrogen-bond donors (Lipinski definition) is 1. The fourth-order valence-electron chi connectivity index (χ4n) is 1.65. The molecule has 19 heavy (non-hydrogen) atoms. The Morgan fingerprint density at radius 1 is 1.32 bits per heavy atom. The van der Waals surface area contributed by atoms with Gasteiger partial charge in [0.2, 0.25) is 0 Å². The van der Waals surface area contributed by atoms with Crippen LogP contribution in [0.1, 0.15) is 19.5 Å². The summed E-state index contributed by atoms with van der Waals surface area (Å²) in [6.45, 7) is 6.09. The van der Waals surface area contributed by atoms with E-state index in [1.807, 2.05) is 24.4 Å². The van der Waals surface area contributed by atoms with Crippen LogP contribution in [0.3, 0.4) is 0 Å². The summed E-state index contributed by atoms with van der Waals surface area (Å²) in [5.41, 5.74) is 1.91. The molecule has 0 saturated heterocycles. The van der Waals surface area contributed by atoms with Gasteiger partial charge in [-0.05, 0) is 46.6 Å². The van der Waals surface area contributed by atoms with Gasteiger partial charge in [-0.25, -0.2) is 4.68 Å². The minimum absolute atomic E-state index is 0.634. The first-order chi connectivity index (χ1) is 9.06. The van der Waals surface area contributed by atoms with E-state index in [0.717, 1.165) is 33.4 Å². The zero-order chi connectivity index (χ0) is 13.8. The number of hydrogen-bond acceptors (Lipinski definition) is 3. The van der Waals surface area contributed by atoms with Crippen molar-refractivity contribution in [1.29, 1.82) is 0 Å². The molecule has 1 aromatic carbocycles. The van der Waals surface area contributed by atoms with Gasteiger partial charge in [-0.2, -0.15) is 0 Å². The van der Waals surface area contributed by atoms with Gasteiger partial charge in [-0.15, -0.1) is 5.10 Å². The van der Waals surface area contributed by atoms with E-state index in [1.165, 1.54) is 0 Å². The number of benzene rings is 1. The molecule has 4 nitrogen and oxygen atoms in total. The van der Waals surface area contributed by atoms with Gasteiger partial charge < -0.3 is 5.32 Å². The Kier molecular flexibility index (Phi) is 5.13. The lowest BCUT2D eigenvalue weighted by molar-refractivity contribution is 0.548. The van der Waals surface area contributed by atoms with E-state index in [0.29, 0.717) is 5.92 Å². The first kappa shape index (κ1) is 14.7. The van der Waals surface area contributed by atoms with E-state index < -0.39 is 0 Å². The molecular formula is C13H16Br2N4. The molecule has 0 radical (unpaired) electrons. The highest BCUT2D eigenvalue weighted by Crippen LogP contribution is 2.24. The van der Waals surface area contributed by atoms with Crippen molar-refractivity contribution in [2.75, 3.05) is 6.54 Å². The molecule has 0 bridgehead atoms. The zero-order valence-electron chi connectivity index (χ0n) is 10.9. The molecule has 1 N–H and O–H groups in total. The van der Waals surface area contributed by atoms with Gasteiger partial charge in [0.1, 0.15) is 0 Å². The summed E-state index contributed by atoms with van der Waals surface area (Å²) in [6.07, 6.45) is 1.94. The Morgan fingerprint density at radius 3 is 2.84 bits per heavy atom. The quantitative estimate of drug-likeness (QED) is 0.853. The molecule has 0 aliphatic heterocycles. The molecule has 0 unspecified atom stereocenters. The van der Waals surface area contributed by atoms with Crippen LogP contribution < -0.4 is 5.32 Å². The Morgan fingerprint density at radius 2 is 2.11 bits per heavy atom. The van der Waals surface area contributed by atoms with Gasteiger partial charge in [-0.3, -0.25) is 0 Å². The van der Waals surface area contributed by atoms with Crippen LogP contribution in [0.5, 0.6) is 0 Å². The number of halogens is 2. The molecule has 0 atom stereocenters. The highest BCUT2D eigenvalue weighted by atomic mass is 79.9. The Labute approximate surface area is 129 Å². The lowest BCUT2D eigenvalue weighted by Gasteiger charge is -2.05. The van der Waals surface area contributed by atoms with Crippen LogP contribution in [0.15, 0.2) is 33.3 Å². The normalized spacial score (nSPS) is 11.2. The molecule has 2 rings (SSSR count). The van der Waals surface area contributed by atoms with Crippen molar-refractivity contribution in [2.24, 2.45) is 5.92 Å². The maximum absolute atomic E-state index is 4.17. The van der Waals surface area contributed by atoms with E-state index >= 15 is 0 Å². The summed E-state index contributed by atoms with van der Waals surface area (Å²) in [7, 11) is 0. The second-order valence-corrected chi connectivity index (χ2v) is 6.54. The second kappa shape index (κ2) is 6.63. The highest BCUT2D eigenvalue weighted by molar-refractivity contribution is 9.11. The van der Waals surface area contributed by atoms with Gasteiger partial charge >= 0.3 is 0 Å². The Hall–Kier alpha value is -0.720. The first-order valence-electron chi connectivity index (χ1n) is 6.13. The molecule has 0 fully saturated rings. The van der Waals surface area contributed by atoms with E-state index in [1.54, 1.807) is 4.68 Å². The molecule has 0 amide bonds. The lowest BCUT2D eigenvalue weighted by atomic mass is 10.2. The molecule has 0 saturated carbocycles. The van der Waals surface area contributed by atoms with Crippen molar-refractivity contribution in [1.82, 2.24) is 20.3 Å². The summed E-state index contributed by atoms with van der Waals surface area (Å²) in [5, 5.41) is 11.7. The fourth-order valence-corrected chi connectivity index (χ4v) is 2.42. The molecular weight excluding hydrogens is 372 g/mol. The zero-order valence-corrected chi connectivity index (χ0v) is 14.1. The van der Waals surface area contributed by atoms with Crippen molar-refractivity contribution in [3.05, 3.63) is 39.0 Å². The van der Waals surface area contributed by atoms with Crippen LogP contribution in [0.2, 0.25) is 0 Å². The molecule has 1 heterocycles. The van der Waals surface area contributed by atoms with E-state index in [9.17, 15) is 0 Å². The van der Waals surface area contributed by atoms with Crippen molar-refractivity contribution < 1.29 is 0 Å². The SMILES string of the molecule is CC(C)CNCc1cn(-c2cc(Br)ccc2Br)nn1. The van der Waals surface area contributed by atoms with Gasteiger partial charge in [0.05, 0.1) is 17.6 Å². The maximum atomic E-state index is 4.17. The molecule has 1 aromatic heterocycles. The predicted octanol–water partition coefficient (Wildman–Crippen LogP) is 3.54. The maximum Gasteiger partial charge on any atom is 0.0969 e. The molecule has 0 aliphatic rings. The van der Waals surface area contributed by atoms with Crippen LogP contribution >= 0.6 is 31.9 Å². The third kappa shape index (κ3) is 4.12. The lowest BCUT2D eigenvalue weighted by Crippen LogP contribution is -2.19. The monoisotopic (exact) mass is 386 g/mol. The fraction of sp³-hybridized carbons (Fsp3) is 0.385. The molecule has 0 aliphatic carbocycles. The van der Waals surface area contributed by atoms with Crippen LogP contribution in [0.4, 0.5) is 0 Å². The standard InChI is InChI=1S/C13H16Br2N4/c1-9(2)6-16-7-11-8-19(18-17-11)13-5-10(14)3-4-12(13)15/h3-5,8-9,16H,6-7H2,1-2H3. The Balaban J connectivity index is 2.10. The van der Waals surface area contributed by atoms with Crippen LogP contribution in [0, 0.1) is 5.92 Å². The van der Waals surface area contributed by atoms with Crippen molar-refractivity contribution >= 4 is 31.9 Å². The third-order valence-corrected chi connectivity index (χ3v) is 3.72. The smallest absolute Gasteiger partial charge is 0.0969 e. The number of aromatic nitrogens is 3. The van der Waals surface area contributed by atoms with Crippen molar-refractivity contribution in [3.8, 4) is 5.69 Å². The minimum Gasteiger partial charge on any atom is -0.311 e. The van der Waals surface area contributed by atoms with Crippen LogP contribution in [-0.4, -0.2) is 21.5 Å². The minimum atomic E-state index is 0.634. The van der Waals surface area contributed by atoms with Crippen molar-refractivity contribution in [3.63, 3.8) is 0 Å².